The number of ether oxygens (including phenoxy) is 2. The fraction of sp³-hybridized carbons (Fsp3) is 0.500. The molecule has 0 aliphatic carbocycles. The van der Waals surface area contributed by atoms with Gasteiger partial charge in [0.15, 0.2) is 5.54 Å². The second-order valence-corrected chi connectivity index (χ2v) is 6.90. The molecule has 136 valence electrons. The molecule has 0 radical (unpaired) electrons. The van der Waals surface area contributed by atoms with Gasteiger partial charge in [-0.25, -0.2) is 4.79 Å². The maximum atomic E-state index is 13.0. The number of carbonyl (C=O) groups excluding carboxylic acids is 3. The van der Waals surface area contributed by atoms with E-state index in [-0.39, 0.29) is 13.0 Å². The van der Waals surface area contributed by atoms with E-state index in [2.05, 4.69) is 5.32 Å². The summed E-state index contributed by atoms with van der Waals surface area (Å²) in [5.74, 6) is -0.982. The topological polar surface area (TPSA) is 84.9 Å². The number of anilines is 1. The van der Waals surface area contributed by atoms with Crippen LogP contribution in [0.25, 0.3) is 0 Å². The van der Waals surface area contributed by atoms with E-state index < -0.39 is 29.1 Å². The average Bonchev–Trinajstić information content (AvgIpc) is 2.69. The Kier molecular flexibility index (Phi) is 5.06. The Morgan fingerprint density at radius 2 is 1.88 bits per heavy atom. The van der Waals surface area contributed by atoms with Gasteiger partial charge in [-0.15, -0.1) is 0 Å². The fourth-order valence-corrected chi connectivity index (χ4v) is 2.88. The van der Waals surface area contributed by atoms with Crippen molar-refractivity contribution >= 4 is 23.7 Å². The normalized spacial score (nSPS) is 19.4. The van der Waals surface area contributed by atoms with Crippen molar-refractivity contribution in [3.8, 4) is 0 Å². The lowest BCUT2D eigenvalue weighted by Crippen LogP contribution is -2.54. The van der Waals surface area contributed by atoms with E-state index in [0.29, 0.717) is 11.3 Å². The molecule has 0 saturated carbocycles. The first kappa shape index (κ1) is 18.8. The van der Waals surface area contributed by atoms with Crippen molar-refractivity contribution in [1.29, 1.82) is 0 Å². The predicted octanol–water partition coefficient (Wildman–Crippen LogP) is 2.34. The van der Waals surface area contributed by atoms with Gasteiger partial charge in [-0.05, 0) is 33.8 Å². The summed E-state index contributed by atoms with van der Waals surface area (Å²) < 4.78 is 10.3. The van der Waals surface area contributed by atoms with E-state index in [4.69, 9.17) is 9.47 Å². The van der Waals surface area contributed by atoms with Gasteiger partial charge in [0.1, 0.15) is 5.60 Å². The molecule has 1 aliphatic rings. The highest BCUT2D eigenvalue weighted by molar-refractivity contribution is 6.10. The molecule has 0 bridgehead atoms. The number of likely N-dealkylation sites (N-methyl/N-ethyl adjacent to an activating group) is 1. The van der Waals surface area contributed by atoms with Crippen LogP contribution in [0, 0.1) is 0 Å². The molecular formula is C18H24N2O5. The van der Waals surface area contributed by atoms with Crippen molar-refractivity contribution in [2.75, 3.05) is 18.6 Å². The smallest absolute Gasteiger partial charge is 0.408 e. The molecule has 7 nitrogen and oxygen atoms in total. The number of nitrogens with one attached hydrogen (secondary N) is 1. The van der Waals surface area contributed by atoms with Crippen molar-refractivity contribution in [1.82, 2.24) is 5.32 Å². The molecule has 1 N–H and O–H groups in total. The van der Waals surface area contributed by atoms with Crippen LogP contribution in [0.2, 0.25) is 0 Å². The van der Waals surface area contributed by atoms with E-state index in [0.717, 1.165) is 0 Å². The molecule has 1 heterocycles. The first-order chi connectivity index (χ1) is 11.6. The van der Waals surface area contributed by atoms with E-state index in [9.17, 15) is 14.4 Å². The highest BCUT2D eigenvalue weighted by Gasteiger charge is 2.53. The highest BCUT2D eigenvalue weighted by atomic mass is 16.6. The van der Waals surface area contributed by atoms with Crippen LogP contribution >= 0.6 is 0 Å². The molecule has 1 aromatic carbocycles. The summed E-state index contributed by atoms with van der Waals surface area (Å²) in [6.07, 6.45) is -1.07. The fourth-order valence-electron chi connectivity index (χ4n) is 2.88. The van der Waals surface area contributed by atoms with Crippen molar-refractivity contribution in [3.05, 3.63) is 29.8 Å². The largest absolute Gasteiger partial charge is 0.466 e. The van der Waals surface area contributed by atoms with Gasteiger partial charge >= 0.3 is 12.1 Å². The second-order valence-electron chi connectivity index (χ2n) is 6.90. The Morgan fingerprint density at radius 1 is 1.24 bits per heavy atom. The minimum Gasteiger partial charge on any atom is -0.466 e. The predicted molar refractivity (Wildman–Crippen MR) is 92.1 cm³/mol. The summed E-state index contributed by atoms with van der Waals surface area (Å²) in [7, 11) is 1.60. The third-order valence-corrected chi connectivity index (χ3v) is 3.82. The highest BCUT2D eigenvalue weighted by Crippen LogP contribution is 2.42. The van der Waals surface area contributed by atoms with Gasteiger partial charge in [-0.3, -0.25) is 9.59 Å². The Hall–Kier alpha value is -2.57. The summed E-state index contributed by atoms with van der Waals surface area (Å²) in [6.45, 7) is 7.04. The molecule has 25 heavy (non-hydrogen) atoms. The van der Waals surface area contributed by atoms with Crippen LogP contribution < -0.4 is 10.2 Å². The molecule has 0 aromatic heterocycles. The van der Waals surface area contributed by atoms with Crippen molar-refractivity contribution in [2.24, 2.45) is 0 Å². The second kappa shape index (κ2) is 6.74. The molecule has 0 spiro atoms. The van der Waals surface area contributed by atoms with Gasteiger partial charge in [0.2, 0.25) is 0 Å². The van der Waals surface area contributed by atoms with E-state index in [1.54, 1.807) is 59.0 Å². The van der Waals surface area contributed by atoms with E-state index >= 15 is 0 Å². The minimum atomic E-state index is -1.54. The van der Waals surface area contributed by atoms with Crippen LogP contribution in [0.3, 0.4) is 0 Å². The third kappa shape index (κ3) is 3.75. The number of alkyl carbamates (subject to hydrolysis) is 1. The summed E-state index contributed by atoms with van der Waals surface area (Å²) in [5.41, 5.74) is -1.10. The number of esters is 1. The van der Waals surface area contributed by atoms with Crippen molar-refractivity contribution in [2.45, 2.75) is 45.3 Å². The zero-order valence-electron chi connectivity index (χ0n) is 15.2. The Labute approximate surface area is 147 Å². The number of benzene rings is 1. The maximum Gasteiger partial charge on any atom is 0.408 e. The molecule has 7 heteroatoms. The minimum absolute atomic E-state index is 0.188. The summed E-state index contributed by atoms with van der Waals surface area (Å²) in [5, 5.41) is 2.62. The Balaban J connectivity index is 2.45. The molecule has 2 amide bonds. The lowest BCUT2D eigenvalue weighted by Gasteiger charge is -2.30. The number of fused-ring (bicyclic) bond motifs is 1. The summed E-state index contributed by atoms with van der Waals surface area (Å²) >= 11 is 0. The standard InChI is InChI=1S/C18H24N2O5/c1-6-24-14(21)11-18(19-16(23)25-17(2,3)4)12-9-7-8-10-13(12)20(5)15(18)22/h7-10H,6,11H2,1-5H3,(H,19,23)/t18-/m0/s1. The van der Waals surface area contributed by atoms with Crippen LogP contribution in [0.15, 0.2) is 24.3 Å². The van der Waals surface area contributed by atoms with Crippen LogP contribution in [0.1, 0.15) is 39.7 Å². The Bertz CT molecular complexity index is 695. The van der Waals surface area contributed by atoms with Crippen LogP contribution in [-0.4, -0.2) is 37.2 Å². The molecule has 0 fully saturated rings. The van der Waals surface area contributed by atoms with Gasteiger partial charge in [-0.1, -0.05) is 18.2 Å². The van der Waals surface area contributed by atoms with Crippen molar-refractivity contribution in [3.63, 3.8) is 0 Å². The van der Waals surface area contributed by atoms with Gasteiger partial charge in [0.25, 0.3) is 5.91 Å². The third-order valence-electron chi connectivity index (χ3n) is 3.82. The molecule has 0 unspecified atom stereocenters. The first-order valence-corrected chi connectivity index (χ1v) is 8.15. The molecule has 1 aromatic rings. The zero-order valence-corrected chi connectivity index (χ0v) is 15.2. The van der Waals surface area contributed by atoms with E-state index in [1.807, 2.05) is 0 Å². The van der Waals surface area contributed by atoms with Gasteiger partial charge in [0, 0.05) is 18.3 Å². The average molecular weight is 348 g/mol. The monoisotopic (exact) mass is 348 g/mol. The summed E-state index contributed by atoms with van der Waals surface area (Å²) in [4.78, 5) is 38.9. The molecular weight excluding hydrogens is 324 g/mol. The van der Waals surface area contributed by atoms with E-state index in [1.165, 1.54) is 4.90 Å². The number of hydrogen-bond donors (Lipinski definition) is 1. The first-order valence-electron chi connectivity index (χ1n) is 8.15. The SMILES string of the molecule is CCOC(=O)C[C@@]1(NC(=O)OC(C)(C)C)C(=O)N(C)c2ccccc21. The number of amides is 2. The summed E-state index contributed by atoms with van der Waals surface area (Å²) in [6, 6.07) is 7.02. The molecule has 1 aliphatic heterocycles. The number of rotatable bonds is 4. The lowest BCUT2D eigenvalue weighted by atomic mass is 9.88. The van der Waals surface area contributed by atoms with Gasteiger partial charge in [-0.2, -0.15) is 0 Å². The molecule has 1 atom stereocenters. The number of carbonyl (C=O) groups is 3. The Morgan fingerprint density at radius 3 is 2.48 bits per heavy atom. The number of hydrogen-bond acceptors (Lipinski definition) is 5. The quantitative estimate of drug-likeness (QED) is 0.844. The van der Waals surface area contributed by atoms with Crippen LogP contribution in [0.4, 0.5) is 10.5 Å². The van der Waals surface area contributed by atoms with Gasteiger partial charge < -0.3 is 19.7 Å². The number of nitrogens with zero attached hydrogens (tertiary/aromatic N) is 1. The van der Waals surface area contributed by atoms with Crippen molar-refractivity contribution < 1.29 is 23.9 Å². The zero-order chi connectivity index (χ0) is 18.8. The van der Waals surface area contributed by atoms with Crippen LogP contribution in [0.5, 0.6) is 0 Å². The van der Waals surface area contributed by atoms with Gasteiger partial charge in [0.05, 0.1) is 13.0 Å². The molecule has 0 saturated heterocycles. The number of para-hydroxylation sites is 1. The maximum absolute atomic E-state index is 13.0. The van der Waals surface area contributed by atoms with Crippen LogP contribution in [-0.2, 0) is 24.6 Å². The lowest BCUT2D eigenvalue weighted by molar-refractivity contribution is -0.147. The molecule has 2 rings (SSSR count).